The highest BCUT2D eigenvalue weighted by atomic mass is 16.3. The Morgan fingerprint density at radius 2 is 2.14 bits per heavy atom. The molecule has 0 radical (unpaired) electrons. The molecule has 0 aliphatic heterocycles. The zero-order chi connectivity index (χ0) is 10.6. The van der Waals surface area contributed by atoms with Crippen LogP contribution in [-0.2, 0) is 0 Å². The fraction of sp³-hybridized carbons (Fsp3) is 1.00. The molecule has 0 saturated heterocycles. The summed E-state index contributed by atoms with van der Waals surface area (Å²) in [5.41, 5.74) is 0. The van der Waals surface area contributed by atoms with E-state index < -0.39 is 0 Å². The van der Waals surface area contributed by atoms with E-state index in [1.165, 1.54) is 25.7 Å². The van der Waals surface area contributed by atoms with Crippen molar-refractivity contribution in [3.63, 3.8) is 0 Å². The summed E-state index contributed by atoms with van der Waals surface area (Å²) in [7, 11) is 0. The Labute approximate surface area is 88.1 Å². The number of rotatable bonds is 4. The van der Waals surface area contributed by atoms with Crippen molar-refractivity contribution in [3.8, 4) is 0 Å². The zero-order valence-corrected chi connectivity index (χ0v) is 9.79. The molecule has 1 saturated carbocycles. The third-order valence-corrected chi connectivity index (χ3v) is 3.44. The molecule has 4 atom stereocenters. The van der Waals surface area contributed by atoms with Gasteiger partial charge in [-0.05, 0) is 38.0 Å². The van der Waals surface area contributed by atoms with Gasteiger partial charge in [0.05, 0.1) is 6.10 Å². The normalized spacial score (nSPS) is 35.6. The van der Waals surface area contributed by atoms with Gasteiger partial charge in [-0.3, -0.25) is 0 Å². The number of aliphatic hydroxyl groups is 1. The molecule has 0 spiro atoms. The second-order valence-corrected chi connectivity index (χ2v) is 4.95. The fourth-order valence-corrected chi connectivity index (χ4v) is 2.54. The Balaban J connectivity index is 2.34. The van der Waals surface area contributed by atoms with Gasteiger partial charge in [0, 0.05) is 12.6 Å². The molecule has 2 heteroatoms. The molecule has 0 amide bonds. The van der Waals surface area contributed by atoms with Gasteiger partial charge in [0.25, 0.3) is 0 Å². The van der Waals surface area contributed by atoms with Crippen molar-refractivity contribution in [2.24, 2.45) is 11.8 Å². The quantitative estimate of drug-likeness (QED) is 0.727. The molecular weight excluding hydrogens is 174 g/mol. The number of nitrogens with one attached hydrogen (secondary N) is 1. The van der Waals surface area contributed by atoms with Crippen LogP contribution in [0.3, 0.4) is 0 Å². The maximum atomic E-state index is 9.23. The van der Waals surface area contributed by atoms with Gasteiger partial charge in [-0.15, -0.1) is 0 Å². The van der Waals surface area contributed by atoms with Crippen molar-refractivity contribution in [3.05, 3.63) is 0 Å². The van der Waals surface area contributed by atoms with Crippen molar-refractivity contribution >= 4 is 0 Å². The minimum atomic E-state index is -0.216. The summed E-state index contributed by atoms with van der Waals surface area (Å²) in [4.78, 5) is 0. The van der Waals surface area contributed by atoms with Gasteiger partial charge in [-0.1, -0.05) is 20.3 Å². The van der Waals surface area contributed by atoms with E-state index in [0.29, 0.717) is 6.04 Å². The Morgan fingerprint density at radius 1 is 1.43 bits per heavy atom. The standard InChI is InChI=1S/C12H25NO/c1-4-11-7-9(2)5-6-12(11)13-8-10(3)14/h9-14H,4-8H2,1-3H3/t9?,10-,11?,12?/m0/s1. The monoisotopic (exact) mass is 199 g/mol. The number of hydrogen-bond donors (Lipinski definition) is 2. The van der Waals surface area contributed by atoms with Crippen LogP contribution in [0, 0.1) is 11.8 Å². The van der Waals surface area contributed by atoms with Gasteiger partial charge >= 0.3 is 0 Å². The Hall–Kier alpha value is -0.0800. The molecule has 0 aromatic carbocycles. The lowest BCUT2D eigenvalue weighted by Gasteiger charge is -2.35. The van der Waals surface area contributed by atoms with E-state index in [1.807, 2.05) is 6.92 Å². The molecule has 0 aromatic heterocycles. The predicted octanol–water partition coefficient (Wildman–Crippen LogP) is 2.17. The minimum Gasteiger partial charge on any atom is -0.392 e. The molecular formula is C12H25NO. The Kier molecular flexibility index (Phi) is 4.90. The van der Waals surface area contributed by atoms with Crippen molar-refractivity contribution < 1.29 is 5.11 Å². The van der Waals surface area contributed by atoms with E-state index in [1.54, 1.807) is 0 Å². The Bertz CT molecular complexity index is 158. The molecule has 2 nitrogen and oxygen atoms in total. The summed E-state index contributed by atoms with van der Waals surface area (Å²) >= 11 is 0. The topological polar surface area (TPSA) is 32.3 Å². The van der Waals surface area contributed by atoms with Gasteiger partial charge < -0.3 is 10.4 Å². The van der Waals surface area contributed by atoms with E-state index >= 15 is 0 Å². The predicted molar refractivity (Wildman–Crippen MR) is 60.3 cm³/mol. The molecule has 1 aliphatic rings. The summed E-state index contributed by atoms with van der Waals surface area (Å²) < 4.78 is 0. The first-order valence-electron chi connectivity index (χ1n) is 6.05. The third kappa shape index (κ3) is 3.58. The molecule has 0 bridgehead atoms. The van der Waals surface area contributed by atoms with E-state index in [4.69, 9.17) is 0 Å². The van der Waals surface area contributed by atoms with Crippen molar-refractivity contribution in [2.45, 2.75) is 58.6 Å². The van der Waals surface area contributed by atoms with E-state index in [-0.39, 0.29) is 6.10 Å². The summed E-state index contributed by atoms with van der Waals surface area (Å²) in [6, 6.07) is 0.644. The Morgan fingerprint density at radius 3 is 2.71 bits per heavy atom. The van der Waals surface area contributed by atoms with Crippen LogP contribution < -0.4 is 5.32 Å². The first-order chi connectivity index (χ1) is 6.63. The number of aliphatic hydroxyl groups excluding tert-OH is 1. The van der Waals surface area contributed by atoms with Crippen LogP contribution in [-0.4, -0.2) is 23.8 Å². The van der Waals surface area contributed by atoms with Crippen LogP contribution >= 0.6 is 0 Å². The molecule has 14 heavy (non-hydrogen) atoms. The fourth-order valence-electron chi connectivity index (χ4n) is 2.54. The summed E-state index contributed by atoms with van der Waals surface area (Å²) in [5.74, 6) is 1.71. The van der Waals surface area contributed by atoms with Crippen LogP contribution in [0.25, 0.3) is 0 Å². The SMILES string of the molecule is CCC1CC(C)CCC1NC[C@H](C)O. The van der Waals surface area contributed by atoms with E-state index in [0.717, 1.165) is 18.4 Å². The van der Waals surface area contributed by atoms with Crippen LogP contribution in [0.1, 0.15) is 46.5 Å². The smallest absolute Gasteiger partial charge is 0.0636 e. The van der Waals surface area contributed by atoms with Crippen LogP contribution in [0.4, 0.5) is 0 Å². The first kappa shape index (κ1) is 12.0. The zero-order valence-electron chi connectivity index (χ0n) is 9.79. The maximum absolute atomic E-state index is 9.23. The van der Waals surface area contributed by atoms with Crippen molar-refractivity contribution in [1.29, 1.82) is 0 Å². The lowest BCUT2D eigenvalue weighted by atomic mass is 9.77. The van der Waals surface area contributed by atoms with E-state index in [2.05, 4.69) is 19.2 Å². The van der Waals surface area contributed by atoms with Crippen LogP contribution in [0.15, 0.2) is 0 Å². The van der Waals surface area contributed by atoms with Gasteiger partial charge in [0.1, 0.15) is 0 Å². The molecule has 1 aliphatic carbocycles. The third-order valence-electron chi connectivity index (χ3n) is 3.44. The molecule has 0 aromatic rings. The van der Waals surface area contributed by atoms with Crippen LogP contribution in [0.5, 0.6) is 0 Å². The van der Waals surface area contributed by atoms with Crippen LogP contribution in [0.2, 0.25) is 0 Å². The first-order valence-corrected chi connectivity index (χ1v) is 6.05. The highest BCUT2D eigenvalue weighted by Crippen LogP contribution is 2.30. The average molecular weight is 199 g/mol. The number of hydrogen-bond acceptors (Lipinski definition) is 2. The molecule has 1 rings (SSSR count). The second kappa shape index (κ2) is 5.72. The molecule has 3 unspecified atom stereocenters. The van der Waals surface area contributed by atoms with Crippen molar-refractivity contribution in [1.82, 2.24) is 5.32 Å². The van der Waals surface area contributed by atoms with Gasteiger partial charge in [-0.2, -0.15) is 0 Å². The molecule has 0 heterocycles. The van der Waals surface area contributed by atoms with Gasteiger partial charge in [0.2, 0.25) is 0 Å². The molecule has 1 fully saturated rings. The van der Waals surface area contributed by atoms with Gasteiger partial charge in [0.15, 0.2) is 0 Å². The van der Waals surface area contributed by atoms with Crippen molar-refractivity contribution in [2.75, 3.05) is 6.54 Å². The van der Waals surface area contributed by atoms with E-state index in [9.17, 15) is 5.11 Å². The lowest BCUT2D eigenvalue weighted by molar-refractivity contribution is 0.156. The largest absolute Gasteiger partial charge is 0.392 e. The van der Waals surface area contributed by atoms with Gasteiger partial charge in [-0.25, -0.2) is 0 Å². The lowest BCUT2D eigenvalue weighted by Crippen LogP contribution is -2.42. The highest BCUT2D eigenvalue weighted by Gasteiger charge is 2.26. The average Bonchev–Trinajstić information content (AvgIpc) is 2.15. The minimum absolute atomic E-state index is 0.216. The summed E-state index contributed by atoms with van der Waals surface area (Å²) in [6.07, 6.45) is 5.03. The summed E-state index contributed by atoms with van der Waals surface area (Å²) in [5, 5.41) is 12.7. The molecule has 2 N–H and O–H groups in total. The molecule has 84 valence electrons. The maximum Gasteiger partial charge on any atom is 0.0636 e. The second-order valence-electron chi connectivity index (χ2n) is 4.95. The summed E-state index contributed by atoms with van der Waals surface area (Å²) in [6.45, 7) is 7.22. The highest BCUT2D eigenvalue weighted by molar-refractivity contribution is 4.83.